The van der Waals surface area contributed by atoms with Crippen molar-refractivity contribution in [3.8, 4) is 0 Å². The first kappa shape index (κ1) is 20.4. The van der Waals surface area contributed by atoms with Crippen LogP contribution in [0.5, 0.6) is 0 Å². The van der Waals surface area contributed by atoms with Gasteiger partial charge in [0.2, 0.25) is 5.91 Å². The number of imidazole rings is 1. The van der Waals surface area contributed by atoms with Crippen molar-refractivity contribution in [3.63, 3.8) is 0 Å². The third-order valence-corrected chi connectivity index (χ3v) is 5.96. The molecule has 3 heterocycles. The summed E-state index contributed by atoms with van der Waals surface area (Å²) in [5, 5.41) is 20.1. The third kappa shape index (κ3) is 4.74. The Kier molecular flexibility index (Phi) is 6.62. The number of likely N-dealkylation sites (tertiary alicyclic amines) is 1. The molecule has 8 nitrogen and oxygen atoms in total. The van der Waals surface area contributed by atoms with Crippen molar-refractivity contribution in [3.05, 3.63) is 18.2 Å². The molecule has 10 heteroatoms. The molecular weight excluding hydrogens is 344 g/mol. The fourth-order valence-electron chi connectivity index (χ4n) is 4.32. The zero-order chi connectivity index (χ0) is 19.6. The summed E-state index contributed by atoms with van der Waals surface area (Å²) in [6, 6.07) is -0.415. The zero-order valence-electron chi connectivity index (χ0n) is 16.7. The van der Waals surface area contributed by atoms with E-state index in [9.17, 15) is 14.8 Å². The van der Waals surface area contributed by atoms with E-state index in [1.807, 2.05) is 33.8 Å². The van der Waals surface area contributed by atoms with Gasteiger partial charge in [-0.2, -0.15) is 0 Å². The summed E-state index contributed by atoms with van der Waals surface area (Å²) in [7, 11) is -1.26. The second kappa shape index (κ2) is 8.77. The molecule has 1 aromatic heterocycles. The quantitative estimate of drug-likeness (QED) is 0.684. The number of hydrogen-bond donors (Lipinski definition) is 2. The predicted molar refractivity (Wildman–Crippen MR) is 106 cm³/mol. The van der Waals surface area contributed by atoms with E-state index in [1.165, 1.54) is 0 Å². The van der Waals surface area contributed by atoms with Crippen molar-refractivity contribution in [1.29, 1.82) is 0 Å². The lowest BCUT2D eigenvalue weighted by atomic mass is 9.78. The number of amides is 1. The Morgan fingerprint density at radius 2 is 2.00 bits per heavy atom. The maximum Gasteiger partial charge on any atom is 0.377 e. The largest absolute Gasteiger partial charge is 0.437 e. The van der Waals surface area contributed by atoms with Crippen molar-refractivity contribution in [2.24, 2.45) is 5.92 Å². The number of rotatable bonds is 5. The first-order valence-corrected chi connectivity index (χ1v) is 9.99. The van der Waals surface area contributed by atoms with Gasteiger partial charge in [-0.3, -0.25) is 4.79 Å². The molecule has 2 aliphatic heterocycles. The van der Waals surface area contributed by atoms with Gasteiger partial charge in [0, 0.05) is 51.7 Å². The van der Waals surface area contributed by atoms with Gasteiger partial charge in [0.25, 0.3) is 0 Å². The molecule has 2 aliphatic rings. The standard InChI is InChI=1S/C17H31B2N5O3/c1-14-20-6-8-21(14)11-15-5-4-7-22(12-15)17(25)16-13-23(18(2)26)9-10-24(16)19(3)27/h6,8,15-16,26-27H,4-5,7,9-13H2,1-3H3/t15-,16+/m0/s1. The molecule has 0 spiro atoms. The molecule has 2 fully saturated rings. The summed E-state index contributed by atoms with van der Waals surface area (Å²) in [5.74, 6) is 1.47. The number of carbonyl (C=O) groups is 1. The Morgan fingerprint density at radius 3 is 2.63 bits per heavy atom. The molecule has 1 aromatic rings. The maximum absolute atomic E-state index is 13.3. The van der Waals surface area contributed by atoms with Crippen LogP contribution >= 0.6 is 0 Å². The highest BCUT2D eigenvalue weighted by Gasteiger charge is 2.40. The second-order valence-electron chi connectivity index (χ2n) is 7.93. The van der Waals surface area contributed by atoms with Crippen molar-refractivity contribution < 1.29 is 14.8 Å². The van der Waals surface area contributed by atoms with Crippen molar-refractivity contribution >= 4 is 20.0 Å². The normalized spacial score (nSPS) is 24.9. The average Bonchev–Trinajstić information content (AvgIpc) is 3.05. The third-order valence-electron chi connectivity index (χ3n) is 5.96. The van der Waals surface area contributed by atoms with Gasteiger partial charge in [0.05, 0.1) is 6.04 Å². The molecule has 3 rings (SSSR count). The topological polar surface area (TPSA) is 85.1 Å². The average molecular weight is 375 g/mol. The van der Waals surface area contributed by atoms with Gasteiger partial charge >= 0.3 is 14.1 Å². The van der Waals surface area contributed by atoms with E-state index in [4.69, 9.17) is 0 Å². The van der Waals surface area contributed by atoms with E-state index in [1.54, 1.807) is 13.6 Å². The van der Waals surface area contributed by atoms with Gasteiger partial charge in [-0.05, 0) is 39.3 Å². The van der Waals surface area contributed by atoms with Gasteiger partial charge in [-0.1, -0.05) is 0 Å². The van der Waals surface area contributed by atoms with Crippen LogP contribution in [0.25, 0.3) is 0 Å². The Hall–Kier alpha value is -1.35. The highest BCUT2D eigenvalue weighted by Crippen LogP contribution is 2.22. The van der Waals surface area contributed by atoms with Crippen molar-refractivity contribution in [2.45, 2.75) is 46.0 Å². The van der Waals surface area contributed by atoms with Crippen LogP contribution in [0, 0.1) is 12.8 Å². The number of nitrogens with zero attached hydrogens (tertiary/aromatic N) is 5. The Morgan fingerprint density at radius 1 is 1.22 bits per heavy atom. The summed E-state index contributed by atoms with van der Waals surface area (Å²) in [6.07, 6.45) is 5.90. The Balaban J connectivity index is 1.67. The lowest BCUT2D eigenvalue weighted by molar-refractivity contribution is -0.139. The summed E-state index contributed by atoms with van der Waals surface area (Å²) >= 11 is 0. The van der Waals surface area contributed by atoms with Gasteiger partial charge in [-0.15, -0.1) is 0 Å². The monoisotopic (exact) mass is 375 g/mol. The summed E-state index contributed by atoms with van der Waals surface area (Å²) in [5.41, 5.74) is 0. The molecule has 0 unspecified atom stereocenters. The summed E-state index contributed by atoms with van der Waals surface area (Å²) in [6.45, 7) is 9.47. The minimum atomic E-state index is -0.677. The number of aryl methyl sites for hydroxylation is 1. The van der Waals surface area contributed by atoms with E-state index >= 15 is 0 Å². The fraction of sp³-hybridized carbons (Fsp3) is 0.765. The highest BCUT2D eigenvalue weighted by molar-refractivity contribution is 6.46. The van der Waals surface area contributed by atoms with Crippen LogP contribution in [0.15, 0.2) is 12.4 Å². The molecule has 0 bridgehead atoms. The van der Waals surface area contributed by atoms with Crippen LogP contribution in [-0.2, 0) is 11.3 Å². The molecule has 148 valence electrons. The molecule has 1 amide bonds. The highest BCUT2D eigenvalue weighted by atomic mass is 16.2. The molecule has 2 N–H and O–H groups in total. The molecule has 2 saturated heterocycles. The Labute approximate surface area is 162 Å². The van der Waals surface area contributed by atoms with Gasteiger partial charge < -0.3 is 29.1 Å². The summed E-state index contributed by atoms with van der Waals surface area (Å²) < 4.78 is 2.15. The number of piperidine rings is 1. The van der Waals surface area contributed by atoms with E-state index in [2.05, 4.69) is 9.55 Å². The number of carbonyl (C=O) groups excluding carboxylic acids is 1. The summed E-state index contributed by atoms with van der Waals surface area (Å²) in [4.78, 5) is 23.3. The smallest absolute Gasteiger partial charge is 0.377 e. The lowest BCUT2D eigenvalue weighted by Crippen LogP contribution is -2.65. The molecule has 0 radical (unpaired) electrons. The van der Waals surface area contributed by atoms with Gasteiger partial charge in [0.15, 0.2) is 0 Å². The molecule has 0 aromatic carbocycles. The van der Waals surface area contributed by atoms with E-state index in [0.29, 0.717) is 25.6 Å². The molecule has 0 saturated carbocycles. The van der Waals surface area contributed by atoms with Crippen LogP contribution in [0.2, 0.25) is 13.6 Å². The first-order chi connectivity index (χ1) is 12.9. The maximum atomic E-state index is 13.3. The van der Waals surface area contributed by atoms with Crippen LogP contribution in [0.3, 0.4) is 0 Å². The van der Waals surface area contributed by atoms with Crippen molar-refractivity contribution in [1.82, 2.24) is 24.1 Å². The lowest BCUT2D eigenvalue weighted by Gasteiger charge is -2.44. The predicted octanol–water partition coefficient (Wildman–Crippen LogP) is -0.363. The number of hydrogen-bond acceptors (Lipinski definition) is 6. The van der Waals surface area contributed by atoms with Gasteiger partial charge in [0.1, 0.15) is 5.82 Å². The zero-order valence-corrected chi connectivity index (χ0v) is 16.7. The molecule has 2 atom stereocenters. The van der Waals surface area contributed by atoms with E-state index in [-0.39, 0.29) is 5.91 Å². The number of piperazine rings is 1. The van der Waals surface area contributed by atoms with Gasteiger partial charge in [-0.25, -0.2) is 4.98 Å². The van der Waals surface area contributed by atoms with Crippen LogP contribution in [0.4, 0.5) is 0 Å². The second-order valence-corrected chi connectivity index (χ2v) is 7.93. The van der Waals surface area contributed by atoms with E-state index < -0.39 is 20.1 Å². The van der Waals surface area contributed by atoms with Crippen LogP contribution in [0.1, 0.15) is 18.7 Å². The SMILES string of the molecule is CB(O)N1CCN(B(C)O)[C@@H](C(=O)N2CCC[C@@H](Cn3ccnc3C)C2)C1. The Bertz CT molecular complexity index is 642. The van der Waals surface area contributed by atoms with E-state index in [0.717, 1.165) is 38.3 Å². The van der Waals surface area contributed by atoms with Crippen LogP contribution < -0.4 is 0 Å². The molecular formula is C17H31B2N5O3. The van der Waals surface area contributed by atoms with Crippen molar-refractivity contribution in [2.75, 3.05) is 32.7 Å². The minimum absolute atomic E-state index is 0.0632. The first-order valence-electron chi connectivity index (χ1n) is 9.99. The fourth-order valence-corrected chi connectivity index (χ4v) is 4.32. The number of aromatic nitrogens is 2. The minimum Gasteiger partial charge on any atom is -0.437 e. The molecule has 27 heavy (non-hydrogen) atoms. The van der Waals surface area contributed by atoms with Crippen LogP contribution in [-0.4, -0.2) is 92.9 Å². The molecule has 0 aliphatic carbocycles.